The fourth-order valence-corrected chi connectivity index (χ4v) is 1.95. The van der Waals surface area contributed by atoms with Crippen molar-refractivity contribution in [2.75, 3.05) is 26.7 Å². The van der Waals surface area contributed by atoms with Gasteiger partial charge in [0.15, 0.2) is 0 Å². The van der Waals surface area contributed by atoms with Gasteiger partial charge in [0.1, 0.15) is 0 Å². The molecular weight excluding hydrogens is 202 g/mol. The van der Waals surface area contributed by atoms with Gasteiger partial charge in [-0.15, -0.1) is 0 Å². The van der Waals surface area contributed by atoms with E-state index < -0.39 is 0 Å². The van der Waals surface area contributed by atoms with Crippen LogP contribution in [0.5, 0.6) is 0 Å². The van der Waals surface area contributed by atoms with Crippen LogP contribution in [0.2, 0.25) is 0 Å². The summed E-state index contributed by atoms with van der Waals surface area (Å²) in [4.78, 5) is 13.9. The van der Waals surface area contributed by atoms with E-state index in [1.165, 1.54) is 0 Å². The molecule has 0 aromatic carbocycles. The zero-order chi connectivity index (χ0) is 12.2. The van der Waals surface area contributed by atoms with Gasteiger partial charge >= 0.3 is 0 Å². The smallest absolute Gasteiger partial charge is 0.236 e. The summed E-state index contributed by atoms with van der Waals surface area (Å²) in [5, 5.41) is 2.98. The quantitative estimate of drug-likeness (QED) is 0.738. The highest BCUT2D eigenvalue weighted by Crippen LogP contribution is 2.29. The lowest BCUT2D eigenvalue weighted by Crippen LogP contribution is -2.47. The van der Waals surface area contributed by atoms with Gasteiger partial charge in [-0.3, -0.25) is 4.79 Å². The summed E-state index contributed by atoms with van der Waals surface area (Å²) in [5.41, 5.74) is 5.92. The third-order valence-corrected chi connectivity index (χ3v) is 3.66. The van der Waals surface area contributed by atoms with Crippen molar-refractivity contribution < 1.29 is 4.79 Å². The molecule has 94 valence electrons. The lowest BCUT2D eigenvalue weighted by Gasteiger charge is -2.38. The second-order valence-electron chi connectivity index (χ2n) is 5.35. The van der Waals surface area contributed by atoms with Crippen LogP contribution in [0.3, 0.4) is 0 Å². The zero-order valence-corrected chi connectivity index (χ0v) is 10.8. The molecule has 1 heterocycles. The van der Waals surface area contributed by atoms with Crippen molar-refractivity contribution in [3.63, 3.8) is 0 Å². The van der Waals surface area contributed by atoms with E-state index >= 15 is 0 Å². The number of carbonyl (C=O) groups excluding carboxylic acids is 1. The van der Waals surface area contributed by atoms with Crippen LogP contribution in [0.25, 0.3) is 0 Å². The molecule has 0 saturated carbocycles. The number of carbonyl (C=O) groups is 1. The summed E-state index contributed by atoms with van der Waals surface area (Å²) in [6.07, 6.45) is 2.99. The standard InChI is InChI=1S/C12H25N3O/c1-4-10(13)11(16)14-9-12(2)5-7-15(3)8-6-12/h10H,4-9,13H2,1-3H3,(H,14,16). The Balaban J connectivity index is 2.34. The highest BCUT2D eigenvalue weighted by molar-refractivity contribution is 5.81. The molecule has 1 rings (SSSR count). The van der Waals surface area contributed by atoms with Gasteiger partial charge in [0, 0.05) is 6.54 Å². The van der Waals surface area contributed by atoms with Crippen molar-refractivity contribution >= 4 is 5.91 Å². The molecule has 1 atom stereocenters. The predicted octanol–water partition coefficient (Wildman–Crippen LogP) is 0.572. The second-order valence-corrected chi connectivity index (χ2v) is 5.35. The highest BCUT2D eigenvalue weighted by Gasteiger charge is 2.29. The van der Waals surface area contributed by atoms with Crippen LogP contribution in [0.4, 0.5) is 0 Å². The van der Waals surface area contributed by atoms with Crippen LogP contribution >= 0.6 is 0 Å². The SMILES string of the molecule is CCC(N)C(=O)NCC1(C)CCN(C)CC1. The molecule has 0 bridgehead atoms. The van der Waals surface area contributed by atoms with E-state index in [1.54, 1.807) is 0 Å². The number of nitrogens with two attached hydrogens (primary N) is 1. The molecule has 4 nitrogen and oxygen atoms in total. The topological polar surface area (TPSA) is 58.4 Å². The van der Waals surface area contributed by atoms with Crippen molar-refractivity contribution in [1.82, 2.24) is 10.2 Å². The van der Waals surface area contributed by atoms with Gasteiger partial charge in [-0.1, -0.05) is 13.8 Å². The Kier molecular flexibility index (Phi) is 4.74. The van der Waals surface area contributed by atoms with Crippen molar-refractivity contribution in [1.29, 1.82) is 0 Å². The average Bonchev–Trinajstić information content (AvgIpc) is 2.29. The number of nitrogens with zero attached hydrogens (tertiary/aromatic N) is 1. The summed E-state index contributed by atoms with van der Waals surface area (Å²) in [6.45, 7) is 7.17. The molecule has 1 aliphatic rings. The minimum absolute atomic E-state index is 0.0114. The van der Waals surface area contributed by atoms with Crippen molar-refractivity contribution in [3.8, 4) is 0 Å². The first kappa shape index (κ1) is 13.5. The van der Waals surface area contributed by atoms with E-state index in [0.29, 0.717) is 6.42 Å². The molecule has 1 saturated heterocycles. The van der Waals surface area contributed by atoms with Crippen LogP contribution in [-0.4, -0.2) is 43.5 Å². The molecule has 0 aromatic heterocycles. The number of hydrogen-bond donors (Lipinski definition) is 2. The Hall–Kier alpha value is -0.610. The molecule has 0 aromatic rings. The van der Waals surface area contributed by atoms with Gasteiger partial charge in [0.2, 0.25) is 5.91 Å². The molecule has 1 aliphatic heterocycles. The van der Waals surface area contributed by atoms with Crippen molar-refractivity contribution in [3.05, 3.63) is 0 Å². The van der Waals surface area contributed by atoms with Crippen molar-refractivity contribution in [2.45, 2.75) is 39.2 Å². The fourth-order valence-electron chi connectivity index (χ4n) is 1.95. The van der Waals surface area contributed by atoms with Crippen LogP contribution in [0.1, 0.15) is 33.1 Å². The van der Waals surface area contributed by atoms with Crippen LogP contribution < -0.4 is 11.1 Å². The summed E-state index contributed by atoms with van der Waals surface area (Å²) in [7, 11) is 2.14. The van der Waals surface area contributed by atoms with Gasteiger partial charge in [0.05, 0.1) is 6.04 Å². The van der Waals surface area contributed by atoms with E-state index in [2.05, 4.69) is 24.2 Å². The number of rotatable bonds is 4. The van der Waals surface area contributed by atoms with Gasteiger partial charge in [-0.25, -0.2) is 0 Å². The van der Waals surface area contributed by atoms with E-state index in [0.717, 1.165) is 32.5 Å². The summed E-state index contributed by atoms with van der Waals surface area (Å²) < 4.78 is 0. The summed E-state index contributed by atoms with van der Waals surface area (Å²) in [6, 6.07) is -0.352. The Morgan fingerprint density at radius 2 is 2.06 bits per heavy atom. The first-order valence-electron chi connectivity index (χ1n) is 6.19. The lowest BCUT2D eigenvalue weighted by atomic mass is 9.80. The Labute approximate surface area is 98.6 Å². The number of amides is 1. The number of likely N-dealkylation sites (tertiary alicyclic amines) is 1. The molecule has 0 radical (unpaired) electrons. The van der Waals surface area contributed by atoms with Gasteiger partial charge < -0.3 is 16.0 Å². The van der Waals surface area contributed by atoms with Gasteiger partial charge in [-0.2, -0.15) is 0 Å². The van der Waals surface area contributed by atoms with Crippen LogP contribution in [-0.2, 0) is 4.79 Å². The third kappa shape index (κ3) is 3.76. The predicted molar refractivity (Wildman–Crippen MR) is 66.1 cm³/mol. The first-order chi connectivity index (χ1) is 7.47. The Morgan fingerprint density at radius 1 is 1.50 bits per heavy atom. The maximum atomic E-state index is 11.6. The molecule has 4 heteroatoms. The van der Waals surface area contributed by atoms with Gasteiger partial charge in [0.25, 0.3) is 0 Å². The molecule has 1 unspecified atom stereocenters. The fraction of sp³-hybridized carbons (Fsp3) is 0.917. The lowest BCUT2D eigenvalue weighted by molar-refractivity contribution is -0.123. The highest BCUT2D eigenvalue weighted by atomic mass is 16.2. The maximum Gasteiger partial charge on any atom is 0.236 e. The first-order valence-corrected chi connectivity index (χ1v) is 6.19. The van der Waals surface area contributed by atoms with E-state index in [4.69, 9.17) is 5.73 Å². The Morgan fingerprint density at radius 3 is 2.56 bits per heavy atom. The molecule has 1 amide bonds. The monoisotopic (exact) mass is 227 g/mol. The number of hydrogen-bond acceptors (Lipinski definition) is 3. The molecule has 0 aliphatic carbocycles. The minimum Gasteiger partial charge on any atom is -0.354 e. The zero-order valence-electron chi connectivity index (χ0n) is 10.8. The van der Waals surface area contributed by atoms with E-state index in [9.17, 15) is 4.79 Å². The number of piperidine rings is 1. The molecule has 3 N–H and O–H groups in total. The van der Waals surface area contributed by atoms with Crippen LogP contribution in [0.15, 0.2) is 0 Å². The van der Waals surface area contributed by atoms with Gasteiger partial charge in [-0.05, 0) is 44.8 Å². The van der Waals surface area contributed by atoms with E-state index in [1.807, 2.05) is 6.92 Å². The second kappa shape index (κ2) is 5.64. The summed E-state index contributed by atoms with van der Waals surface area (Å²) in [5.74, 6) is -0.0114. The van der Waals surface area contributed by atoms with Crippen LogP contribution in [0, 0.1) is 5.41 Å². The molecular formula is C12H25N3O. The average molecular weight is 227 g/mol. The maximum absolute atomic E-state index is 11.6. The molecule has 0 spiro atoms. The van der Waals surface area contributed by atoms with E-state index in [-0.39, 0.29) is 17.4 Å². The third-order valence-electron chi connectivity index (χ3n) is 3.66. The largest absolute Gasteiger partial charge is 0.354 e. The molecule has 16 heavy (non-hydrogen) atoms. The normalized spacial score (nSPS) is 22.8. The number of nitrogens with one attached hydrogen (secondary N) is 1. The van der Waals surface area contributed by atoms with Crippen molar-refractivity contribution in [2.24, 2.45) is 11.1 Å². The summed E-state index contributed by atoms with van der Waals surface area (Å²) >= 11 is 0. The minimum atomic E-state index is -0.352. The molecule has 1 fully saturated rings. The Bertz CT molecular complexity index is 234.